The fourth-order valence-corrected chi connectivity index (χ4v) is 3.56. The first-order valence-corrected chi connectivity index (χ1v) is 9.54. The van der Waals surface area contributed by atoms with E-state index in [1.807, 2.05) is 12.1 Å². The van der Waals surface area contributed by atoms with Crippen molar-refractivity contribution in [3.63, 3.8) is 0 Å². The van der Waals surface area contributed by atoms with Crippen molar-refractivity contribution in [3.05, 3.63) is 29.8 Å². The molecule has 1 heterocycles. The van der Waals surface area contributed by atoms with E-state index in [-0.39, 0.29) is 6.04 Å². The third-order valence-corrected chi connectivity index (χ3v) is 5.20. The molecule has 1 N–H and O–H groups in total. The van der Waals surface area contributed by atoms with Crippen molar-refractivity contribution < 1.29 is 8.42 Å². The number of nitrogens with one attached hydrogen (secondary N) is 1. The zero-order valence-electron chi connectivity index (χ0n) is 13.2. The largest absolute Gasteiger partial charge is 0.306 e. The summed E-state index contributed by atoms with van der Waals surface area (Å²) in [5.74, 6) is 0. The first-order chi connectivity index (χ1) is 9.86. The molecule has 0 spiro atoms. The molecule has 1 aromatic rings. The molecular formula is C16H26N2O2S. The van der Waals surface area contributed by atoms with E-state index in [0.29, 0.717) is 10.9 Å². The summed E-state index contributed by atoms with van der Waals surface area (Å²) in [6.07, 6.45) is 3.87. The molecule has 118 valence electrons. The molecule has 2 unspecified atom stereocenters. The second-order valence-corrected chi connectivity index (χ2v) is 8.15. The Labute approximate surface area is 128 Å². The molecule has 0 bridgehead atoms. The van der Waals surface area contributed by atoms with Gasteiger partial charge in [-0.2, -0.15) is 0 Å². The van der Waals surface area contributed by atoms with Gasteiger partial charge in [-0.15, -0.1) is 0 Å². The van der Waals surface area contributed by atoms with Crippen LogP contribution in [-0.2, 0) is 9.84 Å². The standard InChI is InChI=1S/C16H26N2O2S/c1-13(12-18-10-4-5-11-18)17-14(2)15-6-8-16(9-7-15)21(3,19)20/h6-9,13-14,17H,4-5,10-12H2,1-3H3. The first-order valence-electron chi connectivity index (χ1n) is 7.64. The molecular weight excluding hydrogens is 284 g/mol. The number of rotatable bonds is 6. The second kappa shape index (κ2) is 6.90. The fraction of sp³-hybridized carbons (Fsp3) is 0.625. The van der Waals surface area contributed by atoms with E-state index in [4.69, 9.17) is 0 Å². The van der Waals surface area contributed by atoms with E-state index in [1.165, 1.54) is 32.2 Å². The van der Waals surface area contributed by atoms with Crippen LogP contribution in [-0.4, -0.2) is 45.2 Å². The van der Waals surface area contributed by atoms with Crippen molar-refractivity contribution in [3.8, 4) is 0 Å². The van der Waals surface area contributed by atoms with Gasteiger partial charge in [0.1, 0.15) is 0 Å². The highest BCUT2D eigenvalue weighted by atomic mass is 32.2. The van der Waals surface area contributed by atoms with E-state index in [9.17, 15) is 8.42 Å². The molecule has 0 radical (unpaired) electrons. The summed E-state index contributed by atoms with van der Waals surface area (Å²) in [5.41, 5.74) is 1.12. The van der Waals surface area contributed by atoms with Crippen molar-refractivity contribution in [2.75, 3.05) is 25.9 Å². The summed E-state index contributed by atoms with van der Waals surface area (Å²) < 4.78 is 22.9. The van der Waals surface area contributed by atoms with Crippen LogP contribution in [0.1, 0.15) is 38.3 Å². The Kier molecular flexibility index (Phi) is 5.41. The predicted molar refractivity (Wildman–Crippen MR) is 86.2 cm³/mol. The van der Waals surface area contributed by atoms with Gasteiger partial charge in [-0.05, 0) is 57.5 Å². The minimum absolute atomic E-state index is 0.219. The van der Waals surface area contributed by atoms with Gasteiger partial charge < -0.3 is 10.2 Å². The third kappa shape index (κ3) is 4.80. The number of hydrogen-bond acceptors (Lipinski definition) is 4. The SMILES string of the molecule is CC(CN1CCCC1)NC(C)c1ccc(S(C)(=O)=O)cc1. The molecule has 1 fully saturated rings. The summed E-state index contributed by atoms with van der Waals surface area (Å²) in [6, 6.07) is 7.82. The molecule has 1 aromatic carbocycles. The average molecular weight is 310 g/mol. The number of sulfone groups is 1. The molecule has 1 aliphatic rings. The van der Waals surface area contributed by atoms with Crippen LogP contribution in [0.15, 0.2) is 29.2 Å². The molecule has 1 aliphatic heterocycles. The molecule has 0 saturated carbocycles. The Morgan fingerprint density at radius 2 is 1.71 bits per heavy atom. The zero-order valence-corrected chi connectivity index (χ0v) is 14.0. The van der Waals surface area contributed by atoms with Crippen LogP contribution < -0.4 is 5.32 Å². The van der Waals surface area contributed by atoms with Crippen molar-refractivity contribution in [2.24, 2.45) is 0 Å². The summed E-state index contributed by atoms with van der Waals surface area (Å²) in [6.45, 7) is 7.83. The lowest BCUT2D eigenvalue weighted by Crippen LogP contribution is -2.39. The van der Waals surface area contributed by atoms with Crippen LogP contribution in [0.2, 0.25) is 0 Å². The van der Waals surface area contributed by atoms with E-state index in [0.717, 1.165) is 12.1 Å². The van der Waals surface area contributed by atoms with Gasteiger partial charge in [0.05, 0.1) is 4.90 Å². The highest BCUT2D eigenvalue weighted by molar-refractivity contribution is 7.90. The molecule has 0 aliphatic carbocycles. The lowest BCUT2D eigenvalue weighted by atomic mass is 10.1. The van der Waals surface area contributed by atoms with Crippen molar-refractivity contribution in [1.82, 2.24) is 10.2 Å². The predicted octanol–water partition coefficient (Wildman–Crippen LogP) is 2.22. The van der Waals surface area contributed by atoms with E-state index >= 15 is 0 Å². The Morgan fingerprint density at radius 1 is 1.14 bits per heavy atom. The van der Waals surface area contributed by atoms with Gasteiger partial charge >= 0.3 is 0 Å². The number of likely N-dealkylation sites (tertiary alicyclic amines) is 1. The van der Waals surface area contributed by atoms with Crippen LogP contribution in [0, 0.1) is 0 Å². The van der Waals surface area contributed by atoms with Crippen LogP contribution in [0.5, 0.6) is 0 Å². The van der Waals surface area contributed by atoms with E-state index < -0.39 is 9.84 Å². The average Bonchev–Trinajstić information content (AvgIpc) is 2.90. The molecule has 4 nitrogen and oxygen atoms in total. The molecule has 2 atom stereocenters. The van der Waals surface area contributed by atoms with Crippen LogP contribution in [0.3, 0.4) is 0 Å². The fourth-order valence-electron chi connectivity index (χ4n) is 2.93. The smallest absolute Gasteiger partial charge is 0.175 e. The highest BCUT2D eigenvalue weighted by Gasteiger charge is 2.16. The Morgan fingerprint density at radius 3 is 2.24 bits per heavy atom. The Hall–Kier alpha value is -0.910. The zero-order chi connectivity index (χ0) is 15.5. The van der Waals surface area contributed by atoms with Gasteiger partial charge in [-0.3, -0.25) is 0 Å². The van der Waals surface area contributed by atoms with Crippen molar-refractivity contribution in [2.45, 2.75) is 43.7 Å². The van der Waals surface area contributed by atoms with Gasteiger partial charge in [-0.1, -0.05) is 12.1 Å². The summed E-state index contributed by atoms with van der Waals surface area (Å²) in [7, 11) is -3.11. The summed E-state index contributed by atoms with van der Waals surface area (Å²) in [5, 5.41) is 3.59. The minimum Gasteiger partial charge on any atom is -0.306 e. The quantitative estimate of drug-likeness (QED) is 0.875. The number of benzene rings is 1. The number of nitrogens with zero attached hydrogens (tertiary/aromatic N) is 1. The van der Waals surface area contributed by atoms with Crippen LogP contribution in [0.25, 0.3) is 0 Å². The normalized spacial score (nSPS) is 19.6. The van der Waals surface area contributed by atoms with Gasteiger partial charge in [0.25, 0.3) is 0 Å². The minimum atomic E-state index is -3.11. The number of hydrogen-bond donors (Lipinski definition) is 1. The molecule has 0 aromatic heterocycles. The maximum Gasteiger partial charge on any atom is 0.175 e. The molecule has 0 amide bonds. The van der Waals surface area contributed by atoms with Crippen molar-refractivity contribution in [1.29, 1.82) is 0 Å². The van der Waals surface area contributed by atoms with E-state index in [1.54, 1.807) is 12.1 Å². The lowest BCUT2D eigenvalue weighted by molar-refractivity contribution is 0.289. The topological polar surface area (TPSA) is 49.4 Å². The van der Waals surface area contributed by atoms with Gasteiger partial charge in [0.2, 0.25) is 0 Å². The van der Waals surface area contributed by atoms with Gasteiger partial charge in [-0.25, -0.2) is 8.42 Å². The highest BCUT2D eigenvalue weighted by Crippen LogP contribution is 2.17. The second-order valence-electron chi connectivity index (χ2n) is 6.14. The monoisotopic (exact) mass is 310 g/mol. The molecule has 1 saturated heterocycles. The summed E-state index contributed by atoms with van der Waals surface area (Å²) >= 11 is 0. The lowest BCUT2D eigenvalue weighted by Gasteiger charge is -2.25. The first kappa shape index (κ1) is 16.5. The molecule has 2 rings (SSSR count). The van der Waals surface area contributed by atoms with E-state index in [2.05, 4.69) is 24.1 Å². The van der Waals surface area contributed by atoms with Crippen LogP contribution >= 0.6 is 0 Å². The maximum absolute atomic E-state index is 11.5. The molecule has 5 heteroatoms. The maximum atomic E-state index is 11.5. The third-order valence-electron chi connectivity index (χ3n) is 4.07. The molecule has 21 heavy (non-hydrogen) atoms. The Bertz CT molecular complexity index is 548. The van der Waals surface area contributed by atoms with Gasteiger partial charge in [0.15, 0.2) is 9.84 Å². The van der Waals surface area contributed by atoms with Crippen molar-refractivity contribution >= 4 is 9.84 Å². The Balaban J connectivity index is 1.91. The van der Waals surface area contributed by atoms with Crippen LogP contribution in [0.4, 0.5) is 0 Å². The summed E-state index contributed by atoms with van der Waals surface area (Å²) in [4.78, 5) is 2.88. The van der Waals surface area contributed by atoms with Gasteiger partial charge in [0, 0.05) is 24.9 Å².